The number of rotatable bonds is 8. The molecule has 2 aliphatic heterocycles. The molecule has 4 N–H and O–H groups in total. The van der Waals surface area contributed by atoms with Crippen molar-refractivity contribution in [3.8, 4) is 11.5 Å². The van der Waals surface area contributed by atoms with Gasteiger partial charge < -0.3 is 20.8 Å². The third kappa shape index (κ3) is 8.32. The predicted octanol–water partition coefficient (Wildman–Crippen LogP) is 4.51. The molecule has 20 heteroatoms. The van der Waals surface area contributed by atoms with Crippen LogP contribution in [0.3, 0.4) is 0 Å². The highest BCUT2D eigenvalue weighted by Crippen LogP contribution is 2.38. The van der Waals surface area contributed by atoms with E-state index in [4.69, 9.17) is 0 Å². The predicted molar refractivity (Wildman–Crippen MR) is 219 cm³/mol. The molecule has 0 aliphatic carbocycles. The molecule has 0 unspecified atom stereocenters. The number of fused-ring (bicyclic) bond motifs is 2. The first-order valence-electron chi connectivity index (χ1n) is 18.6. The van der Waals surface area contributed by atoms with Crippen LogP contribution in [0.15, 0.2) is 73.1 Å². The molecule has 2 saturated heterocycles. The van der Waals surface area contributed by atoms with E-state index >= 15 is 0 Å². The first kappa shape index (κ1) is 41.6. The number of carbonyl (C=O) groups excluding carboxylic acids is 2. The van der Waals surface area contributed by atoms with Gasteiger partial charge in [0, 0.05) is 38.6 Å². The third-order valence-corrected chi connectivity index (χ3v) is 13.6. The number of nitrogens with one attached hydrogen (secondary N) is 2. The van der Waals surface area contributed by atoms with Gasteiger partial charge in [0.15, 0.2) is 34.5 Å². The van der Waals surface area contributed by atoms with Crippen LogP contribution < -0.4 is 19.2 Å². The summed E-state index contributed by atoms with van der Waals surface area (Å²) < 4.78 is 78.4. The smallest absolute Gasteiger partial charge is 0.274 e. The minimum atomic E-state index is -3.57. The van der Waals surface area contributed by atoms with E-state index in [1.807, 2.05) is 0 Å². The van der Waals surface area contributed by atoms with Crippen molar-refractivity contribution in [3.05, 3.63) is 118 Å². The van der Waals surface area contributed by atoms with E-state index in [9.17, 15) is 45.4 Å². The molecule has 0 radical (unpaired) electrons. The highest BCUT2D eigenvalue weighted by atomic mass is 32.2. The quantitative estimate of drug-likeness (QED) is 0.166. The molecular formula is C40H38F2N8O8S2. The van der Waals surface area contributed by atoms with Crippen LogP contribution in [-0.4, -0.2) is 83.4 Å². The van der Waals surface area contributed by atoms with Crippen molar-refractivity contribution in [3.63, 3.8) is 0 Å². The number of halogens is 2. The van der Waals surface area contributed by atoms with Crippen molar-refractivity contribution in [1.82, 2.24) is 30.6 Å². The lowest BCUT2D eigenvalue weighted by Crippen LogP contribution is -2.29. The largest absolute Gasteiger partial charge is 0.504 e. The Morgan fingerprint density at radius 1 is 0.633 bits per heavy atom. The van der Waals surface area contributed by atoms with Gasteiger partial charge in [-0.2, -0.15) is 0 Å². The van der Waals surface area contributed by atoms with Gasteiger partial charge in [-0.05, 0) is 85.3 Å². The summed E-state index contributed by atoms with van der Waals surface area (Å²) in [4.78, 5) is 42.3. The summed E-state index contributed by atoms with van der Waals surface area (Å²) in [6.07, 6.45) is 3.83. The second kappa shape index (κ2) is 16.6. The average Bonchev–Trinajstić information content (AvgIpc) is 3.77. The Balaban J connectivity index is 0.000000181. The summed E-state index contributed by atoms with van der Waals surface area (Å²) in [5.74, 6) is -2.88. The van der Waals surface area contributed by atoms with Crippen molar-refractivity contribution in [2.75, 3.05) is 33.2 Å². The summed E-state index contributed by atoms with van der Waals surface area (Å²) in [7, 11) is -7.14. The number of sulfonamides is 2. The molecule has 2 amide bonds. The van der Waals surface area contributed by atoms with Crippen molar-refractivity contribution < 1.29 is 45.4 Å². The zero-order valence-electron chi connectivity index (χ0n) is 32.2. The van der Waals surface area contributed by atoms with Gasteiger partial charge in [0.05, 0.1) is 22.3 Å². The van der Waals surface area contributed by atoms with Gasteiger partial charge >= 0.3 is 0 Å². The molecule has 2 aromatic carbocycles. The molecule has 0 spiro atoms. The Hall–Kier alpha value is -6.54. The third-order valence-electron chi connectivity index (χ3n) is 9.93. The van der Waals surface area contributed by atoms with Crippen molar-refractivity contribution in [1.29, 1.82) is 0 Å². The Morgan fingerprint density at radius 2 is 1.00 bits per heavy atom. The van der Waals surface area contributed by atoms with Crippen LogP contribution in [0.1, 0.15) is 56.1 Å². The highest BCUT2D eigenvalue weighted by Gasteiger charge is 2.35. The van der Waals surface area contributed by atoms with Crippen LogP contribution in [-0.2, 0) is 33.1 Å². The number of aryl methyl sites for hydroxylation is 2. The average molecular weight is 861 g/mol. The van der Waals surface area contributed by atoms with Crippen molar-refractivity contribution in [2.24, 2.45) is 0 Å². The summed E-state index contributed by atoms with van der Waals surface area (Å²) >= 11 is 0. The van der Waals surface area contributed by atoms with Gasteiger partial charge in [-0.1, -0.05) is 24.3 Å². The molecule has 0 saturated carbocycles. The summed E-state index contributed by atoms with van der Waals surface area (Å²) in [5, 5.41) is 27.3. The molecule has 6 aromatic rings. The maximum absolute atomic E-state index is 13.0. The lowest BCUT2D eigenvalue weighted by Gasteiger charge is -2.20. The molecule has 2 fully saturated rings. The topological polar surface area (TPSA) is 225 Å². The Bertz CT molecular complexity index is 2690. The fraction of sp³-hybridized carbons (Fsp3) is 0.250. The summed E-state index contributed by atoms with van der Waals surface area (Å²) in [6.45, 7) is 4.14. The van der Waals surface area contributed by atoms with Crippen LogP contribution in [0.25, 0.3) is 21.8 Å². The number of anilines is 2. The minimum absolute atomic E-state index is 0.0115. The number of aromatic nitrogens is 4. The van der Waals surface area contributed by atoms with Gasteiger partial charge in [0.1, 0.15) is 22.7 Å². The van der Waals surface area contributed by atoms with E-state index in [-0.39, 0.29) is 71.7 Å². The monoisotopic (exact) mass is 860 g/mol. The molecule has 0 atom stereocenters. The molecule has 6 heterocycles. The SMILES string of the molecule is Cc1ccnc2c(O)c(C(=O)NCc3ccc(F)cc3)nc(N3CCCS3(=O)=O)c12.Cc1ccnc2c(O)c(C(=O)NCc3ccc(F)cc3)nc(N3CCCS3(=O)=O)c12. The van der Waals surface area contributed by atoms with Gasteiger partial charge in [0.2, 0.25) is 20.0 Å². The molecule has 8 rings (SSSR count). The van der Waals surface area contributed by atoms with Gasteiger partial charge in [-0.25, -0.2) is 35.6 Å². The number of amides is 2. The van der Waals surface area contributed by atoms with Crippen LogP contribution in [0.5, 0.6) is 11.5 Å². The second-order valence-electron chi connectivity index (χ2n) is 14.1. The molecule has 2 aliphatic rings. The highest BCUT2D eigenvalue weighted by molar-refractivity contribution is 7.93. The number of pyridine rings is 4. The fourth-order valence-electron chi connectivity index (χ4n) is 6.86. The zero-order valence-corrected chi connectivity index (χ0v) is 33.8. The Kier molecular flexibility index (Phi) is 11.5. The lowest BCUT2D eigenvalue weighted by atomic mass is 10.1. The number of benzene rings is 2. The standard InChI is InChI=1S/2C20H19FN4O4S/c2*1-12-7-8-22-16-15(12)19(25-9-2-10-30(25,28)29)24-17(18(16)26)20(27)23-11-13-3-5-14(21)6-4-13/h2*3-8,26H,2,9-11H2,1H3,(H,23,27). The first-order chi connectivity index (χ1) is 28.6. The van der Waals surface area contributed by atoms with E-state index in [0.29, 0.717) is 45.9 Å². The van der Waals surface area contributed by atoms with Crippen LogP contribution >= 0.6 is 0 Å². The van der Waals surface area contributed by atoms with Gasteiger partial charge in [-0.15, -0.1) is 0 Å². The molecule has 16 nitrogen and oxygen atoms in total. The number of carbonyl (C=O) groups is 2. The summed E-state index contributed by atoms with van der Waals surface area (Å²) in [5.41, 5.74) is 2.24. The van der Waals surface area contributed by atoms with Gasteiger partial charge in [-0.3, -0.25) is 28.2 Å². The number of aromatic hydroxyl groups is 2. The molecule has 0 bridgehead atoms. The van der Waals surface area contributed by atoms with Crippen LogP contribution in [0.4, 0.5) is 20.4 Å². The molecule has 312 valence electrons. The second-order valence-corrected chi connectivity index (χ2v) is 18.1. The molecule has 60 heavy (non-hydrogen) atoms. The zero-order chi connectivity index (χ0) is 42.9. The number of hydrogen-bond donors (Lipinski definition) is 4. The van der Waals surface area contributed by atoms with E-state index in [0.717, 1.165) is 0 Å². The van der Waals surface area contributed by atoms with E-state index in [1.54, 1.807) is 26.0 Å². The molecular weight excluding hydrogens is 823 g/mol. The van der Waals surface area contributed by atoms with Crippen molar-refractivity contribution >= 4 is 65.3 Å². The Morgan fingerprint density at radius 3 is 1.33 bits per heavy atom. The number of hydrogen-bond acceptors (Lipinski definition) is 12. The van der Waals surface area contributed by atoms with Gasteiger partial charge in [0.25, 0.3) is 11.8 Å². The van der Waals surface area contributed by atoms with E-state index < -0.39 is 55.0 Å². The molecule has 4 aromatic heterocycles. The van der Waals surface area contributed by atoms with Crippen LogP contribution in [0, 0.1) is 25.5 Å². The fourth-order valence-corrected chi connectivity index (χ4v) is 9.90. The summed E-state index contributed by atoms with van der Waals surface area (Å²) in [6, 6.07) is 14.6. The minimum Gasteiger partial charge on any atom is -0.504 e. The van der Waals surface area contributed by atoms with Crippen LogP contribution in [0.2, 0.25) is 0 Å². The van der Waals surface area contributed by atoms with E-state index in [2.05, 4.69) is 30.6 Å². The Labute approximate surface area is 343 Å². The maximum Gasteiger partial charge on any atom is 0.274 e. The number of nitrogens with zero attached hydrogens (tertiary/aromatic N) is 6. The van der Waals surface area contributed by atoms with Crippen molar-refractivity contribution in [2.45, 2.75) is 39.8 Å². The lowest BCUT2D eigenvalue weighted by molar-refractivity contribution is 0.0935. The van der Waals surface area contributed by atoms with E-state index in [1.165, 1.54) is 69.5 Å². The normalized spacial score (nSPS) is 15.5. The first-order valence-corrected chi connectivity index (χ1v) is 21.8. The maximum atomic E-state index is 13.0.